The van der Waals surface area contributed by atoms with Crippen LogP contribution < -0.4 is 16.2 Å². The number of thiophene rings is 1. The molecule has 3 rings (SSSR count). The summed E-state index contributed by atoms with van der Waals surface area (Å²) in [5.74, 6) is 7.00. The van der Waals surface area contributed by atoms with E-state index in [9.17, 15) is 0 Å². The Kier molecular flexibility index (Phi) is 3.73. The van der Waals surface area contributed by atoms with Crippen LogP contribution in [0.25, 0.3) is 10.2 Å². The summed E-state index contributed by atoms with van der Waals surface area (Å²) in [6.07, 6.45) is 2.42. The second kappa shape index (κ2) is 5.51. The Labute approximate surface area is 122 Å². The first-order valence-corrected chi connectivity index (χ1v) is 7.70. The fraction of sp³-hybridized carbons (Fsp3) is 0.538. The maximum atomic E-state index is 5.49. The lowest BCUT2D eigenvalue weighted by atomic mass is 10.2. The van der Waals surface area contributed by atoms with Crippen molar-refractivity contribution in [2.24, 2.45) is 5.84 Å². The fourth-order valence-electron chi connectivity index (χ4n) is 2.83. The Morgan fingerprint density at radius 1 is 1.50 bits per heavy atom. The Balaban J connectivity index is 2.01. The number of anilines is 2. The minimum atomic E-state index is 0.487. The SMILES string of the molecule is CN(C)CC1CCCN1c1nc(NN)nc2ccsc12. The number of hydrogen-bond donors (Lipinski definition) is 2. The third kappa shape index (κ3) is 2.44. The van der Waals surface area contributed by atoms with Gasteiger partial charge in [-0.15, -0.1) is 11.3 Å². The molecule has 0 radical (unpaired) electrons. The number of nitrogen functional groups attached to an aromatic ring is 1. The Hall–Kier alpha value is -1.44. The van der Waals surface area contributed by atoms with Crippen molar-refractivity contribution < 1.29 is 0 Å². The Morgan fingerprint density at radius 3 is 3.10 bits per heavy atom. The number of nitrogens with one attached hydrogen (secondary N) is 1. The van der Waals surface area contributed by atoms with Crippen molar-refractivity contribution in [1.82, 2.24) is 14.9 Å². The van der Waals surface area contributed by atoms with E-state index in [2.05, 4.69) is 44.7 Å². The summed E-state index contributed by atoms with van der Waals surface area (Å²) in [6.45, 7) is 2.09. The van der Waals surface area contributed by atoms with Crippen molar-refractivity contribution in [3.05, 3.63) is 11.4 Å². The minimum Gasteiger partial charge on any atom is -0.351 e. The number of nitrogens with zero attached hydrogens (tertiary/aromatic N) is 4. The molecule has 6 nitrogen and oxygen atoms in total. The molecule has 1 aliphatic heterocycles. The number of hydrazine groups is 1. The average molecular weight is 292 g/mol. The zero-order valence-corrected chi connectivity index (χ0v) is 12.7. The van der Waals surface area contributed by atoms with E-state index < -0.39 is 0 Å². The van der Waals surface area contributed by atoms with Crippen molar-refractivity contribution in [2.75, 3.05) is 37.5 Å². The van der Waals surface area contributed by atoms with Gasteiger partial charge in [-0.25, -0.2) is 10.8 Å². The van der Waals surface area contributed by atoms with Crippen molar-refractivity contribution >= 4 is 33.3 Å². The van der Waals surface area contributed by atoms with E-state index in [0.29, 0.717) is 12.0 Å². The van der Waals surface area contributed by atoms with Crippen LogP contribution in [0, 0.1) is 0 Å². The molecule has 0 spiro atoms. The van der Waals surface area contributed by atoms with Crippen LogP contribution in [0.4, 0.5) is 11.8 Å². The molecule has 3 N–H and O–H groups in total. The average Bonchev–Trinajstić information content (AvgIpc) is 3.05. The van der Waals surface area contributed by atoms with Gasteiger partial charge in [-0.05, 0) is 38.4 Å². The topological polar surface area (TPSA) is 70.3 Å². The Morgan fingerprint density at radius 2 is 2.35 bits per heavy atom. The lowest BCUT2D eigenvalue weighted by Gasteiger charge is -2.28. The highest BCUT2D eigenvalue weighted by Crippen LogP contribution is 2.34. The molecule has 0 saturated carbocycles. The minimum absolute atomic E-state index is 0.487. The van der Waals surface area contributed by atoms with Gasteiger partial charge in [-0.3, -0.25) is 5.43 Å². The molecule has 0 bridgehead atoms. The van der Waals surface area contributed by atoms with Crippen LogP contribution in [0.5, 0.6) is 0 Å². The maximum Gasteiger partial charge on any atom is 0.239 e. The van der Waals surface area contributed by atoms with Gasteiger partial charge in [-0.2, -0.15) is 4.98 Å². The smallest absolute Gasteiger partial charge is 0.239 e. The predicted molar refractivity (Wildman–Crippen MR) is 84.1 cm³/mol. The number of fused-ring (bicyclic) bond motifs is 1. The molecule has 2 aromatic heterocycles. The van der Waals surface area contributed by atoms with Crippen molar-refractivity contribution in [1.29, 1.82) is 0 Å². The highest BCUT2D eigenvalue weighted by molar-refractivity contribution is 7.17. The summed E-state index contributed by atoms with van der Waals surface area (Å²) in [7, 11) is 4.23. The highest BCUT2D eigenvalue weighted by Gasteiger charge is 2.28. The van der Waals surface area contributed by atoms with E-state index >= 15 is 0 Å². The lowest BCUT2D eigenvalue weighted by molar-refractivity contribution is 0.372. The molecule has 1 fully saturated rings. The molecule has 108 valence electrons. The van der Waals surface area contributed by atoms with Crippen LogP contribution in [0.2, 0.25) is 0 Å². The second-order valence-electron chi connectivity index (χ2n) is 5.40. The van der Waals surface area contributed by atoms with Crippen LogP contribution in [0.1, 0.15) is 12.8 Å². The van der Waals surface area contributed by atoms with Gasteiger partial charge in [0.25, 0.3) is 0 Å². The first-order chi connectivity index (χ1) is 9.69. The van der Waals surface area contributed by atoms with Gasteiger partial charge in [-0.1, -0.05) is 0 Å². The van der Waals surface area contributed by atoms with Gasteiger partial charge in [0.1, 0.15) is 0 Å². The van der Waals surface area contributed by atoms with E-state index in [1.807, 2.05) is 6.07 Å². The number of aromatic nitrogens is 2. The van der Waals surface area contributed by atoms with Gasteiger partial charge in [0.2, 0.25) is 5.95 Å². The van der Waals surface area contributed by atoms with E-state index in [1.165, 1.54) is 12.8 Å². The number of hydrogen-bond acceptors (Lipinski definition) is 7. The molecule has 1 aliphatic rings. The first-order valence-electron chi connectivity index (χ1n) is 6.82. The molecule has 0 amide bonds. The van der Waals surface area contributed by atoms with Crippen LogP contribution >= 0.6 is 11.3 Å². The molecule has 2 aromatic rings. The van der Waals surface area contributed by atoms with Crippen LogP contribution in [0.15, 0.2) is 11.4 Å². The number of likely N-dealkylation sites (N-methyl/N-ethyl adjacent to an activating group) is 1. The molecular weight excluding hydrogens is 272 g/mol. The predicted octanol–water partition coefficient (Wildman–Crippen LogP) is 1.51. The molecule has 20 heavy (non-hydrogen) atoms. The molecular formula is C13H20N6S. The number of rotatable bonds is 4. The van der Waals surface area contributed by atoms with E-state index in [0.717, 1.165) is 29.1 Å². The van der Waals surface area contributed by atoms with Gasteiger partial charge in [0, 0.05) is 19.1 Å². The maximum absolute atomic E-state index is 5.49. The summed E-state index contributed by atoms with van der Waals surface area (Å²) in [5, 5.41) is 2.06. The quantitative estimate of drug-likeness (QED) is 0.657. The largest absolute Gasteiger partial charge is 0.351 e. The van der Waals surface area contributed by atoms with E-state index in [-0.39, 0.29) is 0 Å². The van der Waals surface area contributed by atoms with Gasteiger partial charge >= 0.3 is 0 Å². The molecule has 0 aromatic carbocycles. The fourth-order valence-corrected chi connectivity index (χ4v) is 3.67. The van der Waals surface area contributed by atoms with E-state index in [4.69, 9.17) is 5.84 Å². The molecule has 1 unspecified atom stereocenters. The summed E-state index contributed by atoms with van der Waals surface area (Å²) in [6, 6.07) is 2.53. The third-order valence-electron chi connectivity index (χ3n) is 3.64. The summed E-state index contributed by atoms with van der Waals surface area (Å²) in [5.41, 5.74) is 3.54. The molecule has 1 atom stereocenters. The van der Waals surface area contributed by atoms with Gasteiger partial charge < -0.3 is 9.80 Å². The lowest BCUT2D eigenvalue weighted by Crippen LogP contribution is -2.38. The Bertz CT molecular complexity index is 596. The van der Waals surface area contributed by atoms with E-state index in [1.54, 1.807) is 11.3 Å². The summed E-state index contributed by atoms with van der Waals surface area (Å²) < 4.78 is 1.15. The van der Waals surface area contributed by atoms with Crippen molar-refractivity contribution in [2.45, 2.75) is 18.9 Å². The molecule has 7 heteroatoms. The summed E-state index contributed by atoms with van der Waals surface area (Å²) in [4.78, 5) is 13.6. The normalized spacial score (nSPS) is 19.2. The van der Waals surface area contributed by atoms with Crippen LogP contribution in [0.3, 0.4) is 0 Å². The second-order valence-corrected chi connectivity index (χ2v) is 6.32. The molecule has 3 heterocycles. The van der Waals surface area contributed by atoms with Crippen LogP contribution in [-0.4, -0.2) is 48.1 Å². The number of nitrogens with two attached hydrogens (primary N) is 1. The van der Waals surface area contributed by atoms with Gasteiger partial charge in [0.15, 0.2) is 5.82 Å². The zero-order chi connectivity index (χ0) is 14.1. The molecule has 1 saturated heterocycles. The standard InChI is InChI=1S/C13H20N6S/c1-18(2)8-9-4-3-6-19(9)12-11-10(5-7-20-11)15-13(16-12)17-14/h5,7,9H,3-4,6,8,14H2,1-2H3,(H,15,16,17). The van der Waals surface area contributed by atoms with Gasteiger partial charge in [0.05, 0.1) is 10.2 Å². The zero-order valence-electron chi connectivity index (χ0n) is 11.8. The highest BCUT2D eigenvalue weighted by atomic mass is 32.1. The monoisotopic (exact) mass is 292 g/mol. The third-order valence-corrected chi connectivity index (χ3v) is 4.54. The first kappa shape index (κ1) is 13.5. The van der Waals surface area contributed by atoms with Crippen molar-refractivity contribution in [3.63, 3.8) is 0 Å². The van der Waals surface area contributed by atoms with Crippen LogP contribution in [-0.2, 0) is 0 Å². The molecule has 0 aliphatic carbocycles. The van der Waals surface area contributed by atoms with Crippen molar-refractivity contribution in [3.8, 4) is 0 Å². The summed E-state index contributed by atoms with van der Waals surface area (Å²) >= 11 is 1.69.